The number of hydrogen-bond acceptors (Lipinski definition) is 5. The summed E-state index contributed by atoms with van der Waals surface area (Å²) in [5.41, 5.74) is 2.37. The molecule has 130 valence electrons. The van der Waals surface area contributed by atoms with Crippen molar-refractivity contribution in [2.45, 2.75) is 0 Å². The van der Waals surface area contributed by atoms with Crippen LogP contribution in [0.15, 0.2) is 60.9 Å². The molecule has 3 aromatic rings. The van der Waals surface area contributed by atoms with Crippen molar-refractivity contribution < 1.29 is 9.13 Å². The van der Waals surface area contributed by atoms with E-state index in [0.29, 0.717) is 11.4 Å². The number of nitrogens with one attached hydrogen (secondary N) is 1. The Kier molecular flexibility index (Phi) is 4.18. The van der Waals surface area contributed by atoms with E-state index in [1.54, 1.807) is 0 Å². The first-order valence-electron chi connectivity index (χ1n) is 7.88. The number of anilines is 3. The van der Waals surface area contributed by atoms with Gasteiger partial charge in [-0.05, 0) is 35.9 Å². The van der Waals surface area contributed by atoms with Gasteiger partial charge in [-0.25, -0.2) is 9.37 Å². The number of hydrogen-bond donors (Lipinski definition) is 1. The van der Waals surface area contributed by atoms with E-state index in [2.05, 4.69) is 15.3 Å². The first kappa shape index (κ1) is 16.4. The molecule has 2 aromatic carbocycles. The molecular weight excluding hydrogens is 355 g/mol. The highest BCUT2D eigenvalue weighted by molar-refractivity contribution is 6.28. The number of fused-ring (bicyclic) bond motifs is 1. The lowest BCUT2D eigenvalue weighted by Crippen LogP contribution is -2.17. The fourth-order valence-corrected chi connectivity index (χ4v) is 2.85. The maximum Gasteiger partial charge on any atom is 0.224 e. The Labute approximate surface area is 154 Å². The summed E-state index contributed by atoms with van der Waals surface area (Å²) >= 11 is 5.78. The van der Waals surface area contributed by atoms with Gasteiger partial charge in [-0.1, -0.05) is 24.3 Å². The summed E-state index contributed by atoms with van der Waals surface area (Å²) in [6.45, 7) is 0. The van der Waals surface area contributed by atoms with E-state index in [-0.39, 0.29) is 11.1 Å². The molecule has 0 saturated heterocycles. The van der Waals surface area contributed by atoms with Gasteiger partial charge in [0.05, 0.1) is 17.6 Å². The summed E-state index contributed by atoms with van der Waals surface area (Å²) in [6.07, 6.45) is 2.91. The van der Waals surface area contributed by atoms with E-state index >= 15 is 0 Å². The van der Waals surface area contributed by atoms with E-state index in [1.807, 2.05) is 66.7 Å². The molecule has 4 rings (SSSR count). The second-order valence-electron chi connectivity index (χ2n) is 5.68. The zero-order chi connectivity index (χ0) is 18.1. The molecule has 1 aliphatic rings. The van der Waals surface area contributed by atoms with Crippen LogP contribution in [0.4, 0.5) is 21.6 Å². The normalized spacial score (nSPS) is 12.9. The predicted molar refractivity (Wildman–Crippen MR) is 100 cm³/mol. The van der Waals surface area contributed by atoms with Crippen LogP contribution < -0.4 is 15.0 Å². The van der Waals surface area contributed by atoms with Gasteiger partial charge in [0.15, 0.2) is 23.1 Å². The van der Waals surface area contributed by atoms with Gasteiger partial charge in [-0.2, -0.15) is 4.98 Å². The minimum absolute atomic E-state index is 0.00242. The average molecular weight is 369 g/mol. The molecule has 26 heavy (non-hydrogen) atoms. The van der Waals surface area contributed by atoms with Gasteiger partial charge in [0, 0.05) is 18.8 Å². The fourth-order valence-electron chi connectivity index (χ4n) is 2.72. The second kappa shape index (κ2) is 6.65. The van der Waals surface area contributed by atoms with Crippen LogP contribution in [0.2, 0.25) is 5.28 Å². The zero-order valence-electron chi connectivity index (χ0n) is 13.8. The molecule has 1 aliphatic heterocycles. The molecule has 0 radical (unpaired) electrons. The lowest BCUT2D eigenvalue weighted by Gasteiger charge is -2.26. The largest absolute Gasteiger partial charge is 0.453 e. The van der Waals surface area contributed by atoms with Gasteiger partial charge in [0.1, 0.15) is 0 Å². The lowest BCUT2D eigenvalue weighted by molar-refractivity contribution is 0.506. The van der Waals surface area contributed by atoms with E-state index in [0.717, 1.165) is 23.2 Å². The molecule has 0 saturated carbocycles. The van der Waals surface area contributed by atoms with Crippen LogP contribution in [-0.4, -0.2) is 17.0 Å². The molecular formula is C19H14ClFN4O. The highest BCUT2D eigenvalue weighted by Crippen LogP contribution is 2.38. The topological polar surface area (TPSA) is 50.3 Å². The summed E-state index contributed by atoms with van der Waals surface area (Å²) in [5, 5.41) is 2.93. The quantitative estimate of drug-likeness (QED) is 0.670. The van der Waals surface area contributed by atoms with E-state index in [4.69, 9.17) is 16.3 Å². The van der Waals surface area contributed by atoms with Gasteiger partial charge in [-0.15, -0.1) is 0 Å². The van der Waals surface area contributed by atoms with E-state index in [1.165, 1.54) is 0 Å². The number of nitrogens with zero attached hydrogens (tertiary/aromatic N) is 3. The molecule has 0 spiro atoms. The molecule has 0 fully saturated rings. The first-order chi connectivity index (χ1) is 12.6. The van der Waals surface area contributed by atoms with Gasteiger partial charge in [-0.3, -0.25) is 0 Å². The van der Waals surface area contributed by atoms with Crippen molar-refractivity contribution in [2.24, 2.45) is 0 Å². The number of aromatic nitrogens is 2. The maximum absolute atomic E-state index is 14.0. The summed E-state index contributed by atoms with van der Waals surface area (Å²) in [7, 11) is 1.95. The van der Waals surface area contributed by atoms with Gasteiger partial charge in [0.25, 0.3) is 0 Å². The smallest absolute Gasteiger partial charge is 0.224 e. The number of halogens is 2. The average Bonchev–Trinajstić information content (AvgIpc) is 2.65. The second-order valence-corrected chi connectivity index (χ2v) is 6.02. The molecule has 0 bridgehead atoms. The minimum Gasteiger partial charge on any atom is -0.453 e. The van der Waals surface area contributed by atoms with Crippen LogP contribution in [0.25, 0.3) is 5.76 Å². The van der Waals surface area contributed by atoms with Crippen LogP contribution in [-0.2, 0) is 0 Å². The standard InChI is InChI=1S/C19H14ClFN4O/c1-25-11-17(26-16-9-5-4-8-15(16)25)12-6-2-3-7-14(12)23-18-13(21)10-22-19(20)24-18/h2-11H,1H3,(H,22,23,24). The molecule has 0 amide bonds. The summed E-state index contributed by atoms with van der Waals surface area (Å²) in [6, 6.07) is 15.2. The van der Waals surface area contributed by atoms with Gasteiger partial charge in [0.2, 0.25) is 5.28 Å². The minimum atomic E-state index is -0.592. The van der Waals surface area contributed by atoms with Crippen molar-refractivity contribution in [3.8, 4) is 5.75 Å². The Morgan fingerprint density at radius 2 is 1.88 bits per heavy atom. The third kappa shape index (κ3) is 3.07. The zero-order valence-corrected chi connectivity index (χ0v) is 14.5. The Morgan fingerprint density at radius 1 is 1.12 bits per heavy atom. The maximum atomic E-state index is 14.0. The van der Waals surface area contributed by atoms with Crippen molar-refractivity contribution in [3.05, 3.63) is 77.6 Å². The Hall–Kier alpha value is -3.12. The highest BCUT2D eigenvalue weighted by atomic mass is 35.5. The van der Waals surface area contributed by atoms with Crippen molar-refractivity contribution in [2.75, 3.05) is 17.3 Å². The van der Waals surface area contributed by atoms with Crippen LogP contribution >= 0.6 is 11.6 Å². The van der Waals surface area contributed by atoms with Crippen LogP contribution in [0.3, 0.4) is 0 Å². The molecule has 1 N–H and O–H groups in total. The van der Waals surface area contributed by atoms with E-state index < -0.39 is 5.82 Å². The summed E-state index contributed by atoms with van der Waals surface area (Å²) < 4.78 is 20.0. The number of ether oxygens (including phenoxy) is 1. The van der Waals surface area contributed by atoms with Crippen molar-refractivity contribution in [1.29, 1.82) is 0 Å². The number of rotatable bonds is 3. The highest BCUT2D eigenvalue weighted by Gasteiger charge is 2.20. The van der Waals surface area contributed by atoms with Crippen LogP contribution in [0.5, 0.6) is 5.75 Å². The first-order valence-corrected chi connectivity index (χ1v) is 8.25. The van der Waals surface area contributed by atoms with Crippen LogP contribution in [0, 0.1) is 5.82 Å². The summed E-state index contributed by atoms with van der Waals surface area (Å²) in [4.78, 5) is 9.51. The molecule has 5 nitrogen and oxygen atoms in total. The lowest BCUT2D eigenvalue weighted by atomic mass is 10.1. The van der Waals surface area contributed by atoms with Crippen molar-refractivity contribution in [1.82, 2.24) is 9.97 Å². The third-order valence-electron chi connectivity index (χ3n) is 3.94. The number of benzene rings is 2. The van der Waals surface area contributed by atoms with Gasteiger partial charge >= 0.3 is 0 Å². The molecule has 7 heteroatoms. The van der Waals surface area contributed by atoms with Crippen molar-refractivity contribution in [3.63, 3.8) is 0 Å². The monoisotopic (exact) mass is 368 g/mol. The molecule has 2 heterocycles. The Bertz CT molecular complexity index is 1010. The van der Waals surface area contributed by atoms with Crippen LogP contribution in [0.1, 0.15) is 5.56 Å². The number of para-hydroxylation sites is 3. The molecule has 1 aromatic heterocycles. The Balaban J connectivity index is 1.72. The summed E-state index contributed by atoms with van der Waals surface area (Å²) in [5.74, 6) is 0.793. The third-order valence-corrected chi connectivity index (χ3v) is 4.12. The van der Waals surface area contributed by atoms with Gasteiger partial charge < -0.3 is 15.0 Å². The molecule has 0 unspecified atom stereocenters. The SMILES string of the molecule is CN1C=C(c2ccccc2Nc2nc(Cl)ncc2F)Oc2ccccc21. The Morgan fingerprint density at radius 3 is 2.77 bits per heavy atom. The predicted octanol–water partition coefficient (Wildman–Crippen LogP) is 4.84. The van der Waals surface area contributed by atoms with E-state index in [9.17, 15) is 4.39 Å². The molecule has 0 aliphatic carbocycles. The van der Waals surface area contributed by atoms with Crippen molar-refractivity contribution >= 4 is 34.6 Å². The fraction of sp³-hybridized carbons (Fsp3) is 0.0526. The molecule has 0 atom stereocenters.